The molecule has 2 rings (SSSR count). The van der Waals surface area contributed by atoms with Crippen LogP contribution in [-0.2, 0) is 13.7 Å². The number of aromatic nitrogens is 1. The van der Waals surface area contributed by atoms with E-state index in [1.54, 1.807) is 29.0 Å². The molecule has 15 heavy (non-hydrogen) atoms. The third kappa shape index (κ3) is 1.64. The zero-order chi connectivity index (χ0) is 11.0. The van der Waals surface area contributed by atoms with Crippen molar-refractivity contribution in [3.05, 3.63) is 45.2 Å². The number of aliphatic hydroxyl groups is 1. The van der Waals surface area contributed by atoms with Crippen molar-refractivity contribution in [1.29, 1.82) is 0 Å². The monoisotopic (exact) mass is 223 g/mol. The zero-order valence-corrected chi connectivity index (χ0v) is 8.95. The van der Waals surface area contributed by atoms with E-state index in [-0.39, 0.29) is 12.0 Å². The van der Waals surface area contributed by atoms with Crippen LogP contribution in [0.5, 0.6) is 0 Å². The fraction of sp³-hybridized carbons (Fsp3) is 0.182. The molecule has 0 bridgehead atoms. The maximum Gasteiger partial charge on any atom is 0.194 e. The highest BCUT2D eigenvalue weighted by molar-refractivity contribution is 6.31. The summed E-state index contributed by atoms with van der Waals surface area (Å²) in [6.07, 6.45) is 1.64. The number of hydrogen-bond acceptors (Lipinski definition) is 2. The predicted molar refractivity (Wildman–Crippen MR) is 60.1 cm³/mol. The molecule has 0 amide bonds. The standard InChI is InChI=1S/C11H10ClNO2/c1-13-5-7(6-14)11(15)9-4-8(12)2-3-10(9)13/h2-5,14H,6H2,1H3. The second-order valence-corrected chi connectivity index (χ2v) is 3.85. The first-order valence-electron chi connectivity index (χ1n) is 4.52. The third-order valence-corrected chi connectivity index (χ3v) is 2.63. The van der Waals surface area contributed by atoms with Gasteiger partial charge in [0.15, 0.2) is 5.43 Å². The quantitative estimate of drug-likeness (QED) is 0.800. The van der Waals surface area contributed by atoms with Crippen LogP contribution in [-0.4, -0.2) is 9.67 Å². The fourth-order valence-electron chi connectivity index (χ4n) is 1.65. The summed E-state index contributed by atoms with van der Waals surface area (Å²) in [6, 6.07) is 5.15. The van der Waals surface area contributed by atoms with Gasteiger partial charge in [-0.1, -0.05) is 11.6 Å². The smallest absolute Gasteiger partial charge is 0.194 e. The van der Waals surface area contributed by atoms with Gasteiger partial charge in [0.05, 0.1) is 12.1 Å². The Morgan fingerprint density at radius 1 is 1.47 bits per heavy atom. The van der Waals surface area contributed by atoms with Gasteiger partial charge in [-0.05, 0) is 18.2 Å². The van der Waals surface area contributed by atoms with Gasteiger partial charge in [-0.15, -0.1) is 0 Å². The van der Waals surface area contributed by atoms with Crippen LogP contribution in [0.1, 0.15) is 5.56 Å². The minimum Gasteiger partial charge on any atom is -0.391 e. The molecule has 0 atom stereocenters. The summed E-state index contributed by atoms with van der Waals surface area (Å²) >= 11 is 5.83. The van der Waals surface area contributed by atoms with Crippen molar-refractivity contribution < 1.29 is 5.11 Å². The zero-order valence-electron chi connectivity index (χ0n) is 8.20. The van der Waals surface area contributed by atoms with E-state index in [4.69, 9.17) is 16.7 Å². The minimum absolute atomic E-state index is 0.159. The van der Waals surface area contributed by atoms with Gasteiger partial charge in [-0.3, -0.25) is 4.79 Å². The molecule has 0 radical (unpaired) electrons. The molecule has 0 aliphatic rings. The number of pyridine rings is 1. The molecule has 0 saturated heterocycles. The maximum absolute atomic E-state index is 11.8. The van der Waals surface area contributed by atoms with Gasteiger partial charge in [-0.25, -0.2) is 0 Å². The lowest BCUT2D eigenvalue weighted by atomic mass is 10.1. The maximum atomic E-state index is 11.8. The molecule has 0 aliphatic heterocycles. The van der Waals surface area contributed by atoms with Gasteiger partial charge in [0, 0.05) is 29.2 Å². The van der Waals surface area contributed by atoms with Crippen molar-refractivity contribution in [3.63, 3.8) is 0 Å². The highest BCUT2D eigenvalue weighted by Gasteiger charge is 2.06. The van der Waals surface area contributed by atoms with Crippen molar-refractivity contribution in [2.75, 3.05) is 0 Å². The summed E-state index contributed by atoms with van der Waals surface area (Å²) in [7, 11) is 1.83. The Bertz CT molecular complexity index is 575. The summed E-state index contributed by atoms with van der Waals surface area (Å²) < 4.78 is 1.80. The Morgan fingerprint density at radius 3 is 2.87 bits per heavy atom. The summed E-state index contributed by atoms with van der Waals surface area (Å²) in [5.41, 5.74) is 1.03. The van der Waals surface area contributed by atoms with E-state index < -0.39 is 0 Å². The summed E-state index contributed by atoms with van der Waals surface area (Å²) in [6.45, 7) is -0.255. The van der Waals surface area contributed by atoms with E-state index in [1.165, 1.54) is 0 Å². The first-order chi connectivity index (χ1) is 7.13. The lowest BCUT2D eigenvalue weighted by Crippen LogP contribution is -2.13. The van der Waals surface area contributed by atoms with Crippen molar-refractivity contribution in [1.82, 2.24) is 4.57 Å². The molecule has 78 valence electrons. The summed E-state index contributed by atoms with van der Waals surface area (Å²) in [5, 5.41) is 10.1. The van der Waals surface area contributed by atoms with Crippen LogP contribution in [0.15, 0.2) is 29.2 Å². The Hall–Kier alpha value is -1.32. The van der Waals surface area contributed by atoms with Crippen molar-refractivity contribution in [2.24, 2.45) is 7.05 Å². The van der Waals surface area contributed by atoms with Crippen molar-refractivity contribution in [2.45, 2.75) is 6.61 Å². The van der Waals surface area contributed by atoms with Crippen LogP contribution in [0, 0.1) is 0 Å². The van der Waals surface area contributed by atoms with Crippen LogP contribution < -0.4 is 5.43 Å². The number of benzene rings is 1. The highest BCUT2D eigenvalue weighted by atomic mass is 35.5. The Morgan fingerprint density at radius 2 is 2.20 bits per heavy atom. The molecular formula is C11H10ClNO2. The number of hydrogen-bond donors (Lipinski definition) is 1. The molecule has 0 saturated carbocycles. The van der Waals surface area contributed by atoms with Crippen LogP contribution >= 0.6 is 11.6 Å². The first-order valence-corrected chi connectivity index (χ1v) is 4.90. The van der Waals surface area contributed by atoms with Crippen LogP contribution in [0.3, 0.4) is 0 Å². The van der Waals surface area contributed by atoms with Crippen LogP contribution in [0.25, 0.3) is 10.9 Å². The number of halogens is 1. The molecule has 0 spiro atoms. The average molecular weight is 224 g/mol. The molecule has 0 unspecified atom stereocenters. The lowest BCUT2D eigenvalue weighted by molar-refractivity contribution is 0.280. The first kappa shape index (κ1) is 10.2. The van der Waals surface area contributed by atoms with Gasteiger partial charge in [0.1, 0.15) is 0 Å². The van der Waals surface area contributed by atoms with E-state index in [0.717, 1.165) is 5.52 Å². The van der Waals surface area contributed by atoms with Gasteiger partial charge >= 0.3 is 0 Å². The Labute approximate surface area is 91.5 Å². The van der Waals surface area contributed by atoms with E-state index in [1.807, 2.05) is 7.05 Å². The van der Waals surface area contributed by atoms with E-state index in [2.05, 4.69) is 0 Å². The Kier molecular flexibility index (Phi) is 2.50. The largest absolute Gasteiger partial charge is 0.391 e. The second kappa shape index (κ2) is 3.68. The van der Waals surface area contributed by atoms with Crippen LogP contribution in [0.4, 0.5) is 0 Å². The number of fused-ring (bicyclic) bond motifs is 1. The van der Waals surface area contributed by atoms with Gasteiger partial charge < -0.3 is 9.67 Å². The van der Waals surface area contributed by atoms with E-state index >= 15 is 0 Å². The van der Waals surface area contributed by atoms with Crippen molar-refractivity contribution >= 4 is 22.5 Å². The minimum atomic E-state index is -0.255. The number of nitrogens with zero attached hydrogens (tertiary/aromatic N) is 1. The van der Waals surface area contributed by atoms with Crippen molar-refractivity contribution in [3.8, 4) is 0 Å². The number of aliphatic hydroxyl groups excluding tert-OH is 1. The van der Waals surface area contributed by atoms with Gasteiger partial charge in [0.2, 0.25) is 0 Å². The van der Waals surface area contributed by atoms with Gasteiger partial charge in [-0.2, -0.15) is 0 Å². The van der Waals surface area contributed by atoms with E-state index in [0.29, 0.717) is 16.0 Å². The van der Waals surface area contributed by atoms with Crippen LogP contribution in [0.2, 0.25) is 5.02 Å². The third-order valence-electron chi connectivity index (χ3n) is 2.39. The normalized spacial score (nSPS) is 10.9. The molecule has 1 heterocycles. The summed E-state index contributed by atoms with van der Waals surface area (Å²) in [4.78, 5) is 11.8. The predicted octanol–water partition coefficient (Wildman–Crippen LogP) is 1.68. The van der Waals surface area contributed by atoms with E-state index in [9.17, 15) is 4.79 Å². The molecule has 1 N–H and O–H groups in total. The average Bonchev–Trinajstić information content (AvgIpc) is 2.23. The molecule has 1 aromatic heterocycles. The lowest BCUT2D eigenvalue weighted by Gasteiger charge is -2.07. The molecule has 4 heteroatoms. The number of aryl methyl sites for hydroxylation is 1. The van der Waals surface area contributed by atoms with Gasteiger partial charge in [0.25, 0.3) is 0 Å². The molecule has 1 aromatic carbocycles. The molecule has 3 nitrogen and oxygen atoms in total. The topological polar surface area (TPSA) is 42.2 Å². The molecular weight excluding hydrogens is 214 g/mol. The fourth-order valence-corrected chi connectivity index (χ4v) is 1.82. The molecule has 0 aliphatic carbocycles. The molecule has 0 fully saturated rings. The molecule has 2 aromatic rings. The SMILES string of the molecule is Cn1cc(CO)c(=O)c2cc(Cl)ccc21. The Balaban J connectivity index is 2.95. The number of rotatable bonds is 1. The highest BCUT2D eigenvalue weighted by Crippen LogP contribution is 2.16. The second-order valence-electron chi connectivity index (χ2n) is 3.41. The summed E-state index contributed by atoms with van der Waals surface area (Å²) in [5.74, 6) is 0.